The maximum atomic E-state index is 14.0. The van der Waals surface area contributed by atoms with Crippen LogP contribution in [0.2, 0.25) is 0 Å². The fraction of sp³-hybridized carbons (Fsp3) is 0. The molecule has 21 heavy (non-hydrogen) atoms. The van der Waals surface area contributed by atoms with Crippen LogP contribution in [-0.4, -0.2) is 0 Å². The van der Waals surface area contributed by atoms with Crippen molar-refractivity contribution in [1.29, 1.82) is 0 Å². The van der Waals surface area contributed by atoms with Crippen molar-refractivity contribution >= 4 is 53.2 Å². The average molecular weight is 405 g/mol. The average Bonchev–Trinajstić information content (AvgIpc) is 2.85. The number of fused-ring (bicyclic) bond motifs is 3. The molecule has 0 amide bonds. The highest BCUT2D eigenvalue weighted by molar-refractivity contribution is 14.1. The number of halogens is 2. The van der Waals surface area contributed by atoms with Gasteiger partial charge in [-0.2, -0.15) is 0 Å². The molecule has 3 aromatic carbocycles. The molecular weight excluding hydrogens is 394 g/mol. The normalized spacial score (nSPS) is 11.3. The van der Waals surface area contributed by atoms with E-state index in [-0.39, 0.29) is 16.3 Å². The Morgan fingerprint density at radius 3 is 1.90 bits per heavy atom. The summed E-state index contributed by atoms with van der Waals surface area (Å²) in [4.78, 5) is 1.05. The van der Waals surface area contributed by atoms with Crippen LogP contribution in [0.3, 0.4) is 0 Å². The minimum Gasteiger partial charge on any atom is -0.206 e. The first-order chi connectivity index (χ1) is 10.3. The number of hydrogen-bond acceptors (Lipinski definition) is 0. The lowest BCUT2D eigenvalue weighted by atomic mass is 10.2. The Hall–Kier alpha value is -1.46. The Labute approximate surface area is 138 Å². The van der Waals surface area contributed by atoms with Gasteiger partial charge in [0.15, 0.2) is 14.3 Å². The van der Waals surface area contributed by atoms with Gasteiger partial charge in [-0.05, 0) is 59.0 Å². The lowest BCUT2D eigenvalue weighted by Crippen LogP contribution is -1.81. The van der Waals surface area contributed by atoms with Crippen LogP contribution in [0, 0.1) is 9.39 Å². The highest BCUT2D eigenvalue weighted by Crippen LogP contribution is 2.48. The van der Waals surface area contributed by atoms with Crippen LogP contribution >= 0.6 is 33.1 Å². The minimum absolute atomic E-state index is 0.137. The van der Waals surface area contributed by atoms with Gasteiger partial charge in [-0.1, -0.05) is 24.3 Å². The standard InChI is InChI=1S/C18H11FIS/c19-15-11-12(9-10-16(15)20)21-17-7-3-1-5-13(17)14-6-2-4-8-18(14)21/h1-11H/q+1. The summed E-state index contributed by atoms with van der Waals surface area (Å²) in [6, 6.07) is 22.5. The van der Waals surface area contributed by atoms with Gasteiger partial charge in [-0.15, -0.1) is 0 Å². The lowest BCUT2D eigenvalue weighted by molar-refractivity contribution is 0.621. The van der Waals surface area contributed by atoms with E-state index in [2.05, 4.69) is 48.5 Å². The largest absolute Gasteiger partial charge is 0.206 e. The van der Waals surface area contributed by atoms with Crippen molar-refractivity contribution in [2.45, 2.75) is 0 Å². The third-order valence-electron chi connectivity index (χ3n) is 3.63. The summed E-state index contributed by atoms with van der Waals surface area (Å²) in [7, 11) is -0.202. The van der Waals surface area contributed by atoms with E-state index in [0.29, 0.717) is 3.57 Å². The zero-order valence-corrected chi connectivity index (χ0v) is 14.0. The summed E-state index contributed by atoms with van der Waals surface area (Å²) in [5.74, 6) is -0.137. The van der Waals surface area contributed by atoms with Crippen molar-refractivity contribution in [3.63, 3.8) is 0 Å². The fourth-order valence-corrected chi connectivity index (χ4v) is 5.44. The van der Waals surface area contributed by atoms with E-state index < -0.39 is 0 Å². The molecule has 0 atom stereocenters. The Balaban J connectivity index is 2.17. The molecule has 0 aliphatic carbocycles. The van der Waals surface area contributed by atoms with E-state index in [1.165, 1.54) is 20.2 Å². The molecule has 0 nitrogen and oxygen atoms in total. The minimum atomic E-state index is -0.202. The van der Waals surface area contributed by atoms with E-state index >= 15 is 0 Å². The van der Waals surface area contributed by atoms with Crippen molar-refractivity contribution < 1.29 is 4.39 Å². The molecule has 4 aromatic rings. The zero-order chi connectivity index (χ0) is 14.4. The van der Waals surface area contributed by atoms with Gasteiger partial charge < -0.3 is 0 Å². The van der Waals surface area contributed by atoms with E-state index in [0.717, 1.165) is 4.90 Å². The maximum Gasteiger partial charge on any atom is 0.187 e. The zero-order valence-electron chi connectivity index (χ0n) is 11.0. The van der Waals surface area contributed by atoms with Gasteiger partial charge in [0.1, 0.15) is 5.82 Å². The van der Waals surface area contributed by atoms with Gasteiger partial charge in [-0.25, -0.2) is 4.39 Å². The van der Waals surface area contributed by atoms with Gasteiger partial charge in [0.2, 0.25) is 0 Å². The molecule has 0 aliphatic rings. The molecule has 102 valence electrons. The van der Waals surface area contributed by atoms with Crippen LogP contribution in [0.15, 0.2) is 66.7 Å². The monoisotopic (exact) mass is 405 g/mol. The fourth-order valence-electron chi connectivity index (χ4n) is 2.71. The molecule has 1 aromatic heterocycles. The van der Waals surface area contributed by atoms with E-state index in [1.807, 2.05) is 34.7 Å². The molecule has 0 N–H and O–H groups in total. The highest BCUT2D eigenvalue weighted by Gasteiger charge is 2.23. The summed E-state index contributed by atoms with van der Waals surface area (Å²) in [5, 5.41) is 2.55. The smallest absolute Gasteiger partial charge is 0.187 e. The van der Waals surface area contributed by atoms with Crippen molar-refractivity contribution in [2.75, 3.05) is 0 Å². The molecule has 4 rings (SSSR count). The molecule has 0 saturated heterocycles. The van der Waals surface area contributed by atoms with Crippen molar-refractivity contribution in [3.05, 3.63) is 76.1 Å². The quantitative estimate of drug-likeness (QED) is 0.251. The molecule has 0 aliphatic heterocycles. The molecule has 0 radical (unpaired) electrons. The first-order valence-electron chi connectivity index (χ1n) is 6.63. The summed E-state index contributed by atoms with van der Waals surface area (Å²) in [6.07, 6.45) is 0. The van der Waals surface area contributed by atoms with Gasteiger partial charge >= 0.3 is 0 Å². The summed E-state index contributed by atoms with van der Waals surface area (Å²) in [6.45, 7) is 0. The maximum absolute atomic E-state index is 14.0. The van der Waals surface area contributed by atoms with Gasteiger partial charge in [0.05, 0.1) is 0 Å². The molecule has 0 saturated carbocycles. The number of thiophene rings is 1. The molecule has 0 spiro atoms. The molecule has 0 unspecified atom stereocenters. The second kappa shape index (κ2) is 5.07. The van der Waals surface area contributed by atoms with Crippen molar-refractivity contribution in [2.24, 2.45) is 0 Å². The van der Waals surface area contributed by atoms with Crippen molar-refractivity contribution in [1.82, 2.24) is 0 Å². The van der Waals surface area contributed by atoms with E-state index in [9.17, 15) is 4.39 Å². The van der Waals surface area contributed by atoms with Crippen LogP contribution in [-0.2, 0) is 0 Å². The van der Waals surface area contributed by atoms with Crippen LogP contribution in [0.1, 0.15) is 0 Å². The number of rotatable bonds is 1. The molecule has 3 heteroatoms. The van der Waals surface area contributed by atoms with Crippen LogP contribution in [0.4, 0.5) is 4.39 Å². The third-order valence-corrected chi connectivity index (χ3v) is 6.82. The van der Waals surface area contributed by atoms with Gasteiger partial charge in [0, 0.05) is 30.9 Å². The summed E-state index contributed by atoms with van der Waals surface area (Å²) >= 11 is 2.03. The second-order valence-electron chi connectivity index (χ2n) is 4.87. The summed E-state index contributed by atoms with van der Waals surface area (Å²) < 4.78 is 17.2. The van der Waals surface area contributed by atoms with Crippen molar-refractivity contribution in [3.8, 4) is 4.90 Å². The van der Waals surface area contributed by atoms with Crippen LogP contribution < -0.4 is 0 Å². The predicted octanol–water partition coefficient (Wildman–Crippen LogP) is 6.48. The topological polar surface area (TPSA) is 0 Å². The Kier molecular flexibility index (Phi) is 3.19. The Bertz CT molecular complexity index is 918. The van der Waals surface area contributed by atoms with Crippen LogP contribution in [0.5, 0.6) is 0 Å². The predicted molar refractivity (Wildman–Crippen MR) is 97.9 cm³/mol. The molecule has 0 fully saturated rings. The number of hydrogen-bond donors (Lipinski definition) is 0. The van der Waals surface area contributed by atoms with E-state index in [1.54, 1.807) is 6.07 Å². The Morgan fingerprint density at radius 2 is 1.33 bits per heavy atom. The van der Waals surface area contributed by atoms with E-state index in [4.69, 9.17) is 0 Å². The lowest BCUT2D eigenvalue weighted by Gasteiger charge is -1.96. The molecular formula is C18H11FIS+. The summed E-state index contributed by atoms with van der Waals surface area (Å²) in [5.41, 5.74) is 0. The third kappa shape index (κ3) is 2.07. The van der Waals surface area contributed by atoms with Gasteiger partial charge in [-0.3, -0.25) is 0 Å². The molecule has 1 heterocycles. The molecule has 0 bridgehead atoms. The first-order valence-corrected chi connectivity index (χ1v) is 8.94. The second-order valence-corrected chi connectivity index (χ2v) is 8.00. The number of benzene rings is 3. The highest BCUT2D eigenvalue weighted by atomic mass is 127. The first kappa shape index (κ1) is 13.2. The SMILES string of the molecule is Fc1cc(-[s+]2c3ccccc3c3ccccc32)ccc1I. The Morgan fingerprint density at radius 1 is 0.762 bits per heavy atom. The van der Waals surface area contributed by atoms with Crippen LogP contribution in [0.25, 0.3) is 25.1 Å². The van der Waals surface area contributed by atoms with Gasteiger partial charge in [0.25, 0.3) is 0 Å².